The third-order valence-corrected chi connectivity index (χ3v) is 7.31. The van der Waals surface area contributed by atoms with Gasteiger partial charge in [-0.3, -0.25) is 9.69 Å². The molecule has 0 radical (unpaired) electrons. The van der Waals surface area contributed by atoms with Crippen molar-refractivity contribution in [3.63, 3.8) is 0 Å². The molecule has 1 amide bonds. The number of aliphatic imine (C=N–C) groups is 1. The van der Waals surface area contributed by atoms with Crippen molar-refractivity contribution in [3.05, 3.63) is 95.0 Å². The molecule has 1 aromatic heterocycles. The number of benzene rings is 3. The molecule has 39 heavy (non-hydrogen) atoms. The van der Waals surface area contributed by atoms with Crippen molar-refractivity contribution in [2.75, 3.05) is 13.7 Å². The van der Waals surface area contributed by atoms with Gasteiger partial charge in [0.15, 0.2) is 22.8 Å². The lowest BCUT2D eigenvalue weighted by molar-refractivity contribution is -0.144. The number of amidine groups is 1. The number of carbonyl (C=O) groups excluding carboxylic acids is 1. The molecule has 8 nitrogen and oxygen atoms in total. The highest BCUT2D eigenvalue weighted by Crippen LogP contribution is 2.39. The first-order valence-corrected chi connectivity index (χ1v) is 13.2. The number of hydrogen-bond acceptors (Lipinski definition) is 6. The molecule has 2 N–H and O–H groups in total. The molecule has 0 aliphatic carbocycles. The Labute approximate surface area is 230 Å². The second-order valence-corrected chi connectivity index (χ2v) is 9.89. The summed E-state index contributed by atoms with van der Waals surface area (Å²) in [4.78, 5) is 35.4. The fraction of sp³-hybridized carbons (Fsp3) is 0.167. The Hall–Kier alpha value is -4.50. The lowest BCUT2D eigenvalue weighted by Gasteiger charge is -2.16. The van der Waals surface area contributed by atoms with Crippen LogP contribution < -0.4 is 9.47 Å². The smallest absolute Gasteiger partial charge is 0.344 e. The second kappa shape index (κ2) is 11.5. The van der Waals surface area contributed by atoms with Crippen LogP contribution in [0.2, 0.25) is 0 Å². The van der Waals surface area contributed by atoms with E-state index in [9.17, 15) is 14.7 Å². The van der Waals surface area contributed by atoms with E-state index in [1.165, 1.54) is 25.8 Å². The maximum absolute atomic E-state index is 13.7. The lowest BCUT2D eigenvalue weighted by Crippen LogP contribution is -2.31. The number of carboxylic acid groups (broad SMARTS) is 1. The zero-order valence-corrected chi connectivity index (χ0v) is 22.3. The van der Waals surface area contributed by atoms with Gasteiger partial charge in [-0.1, -0.05) is 48.5 Å². The highest BCUT2D eigenvalue weighted by molar-refractivity contribution is 8.18. The van der Waals surface area contributed by atoms with Crippen LogP contribution in [-0.4, -0.2) is 51.8 Å². The quantitative estimate of drug-likeness (QED) is 0.257. The predicted octanol–water partition coefficient (Wildman–Crippen LogP) is 5.88. The van der Waals surface area contributed by atoms with Crippen molar-refractivity contribution < 1.29 is 24.2 Å². The van der Waals surface area contributed by atoms with Crippen LogP contribution in [0.3, 0.4) is 0 Å². The molecular formula is C30H27N3O5S. The number of nitrogens with zero attached hydrogens (tertiary/aromatic N) is 2. The van der Waals surface area contributed by atoms with Crippen molar-refractivity contribution in [1.29, 1.82) is 0 Å². The molecule has 9 heteroatoms. The molecule has 0 bridgehead atoms. The molecule has 0 spiro atoms. The Bertz CT molecular complexity index is 1580. The number of methoxy groups -OCH3 is 1. The van der Waals surface area contributed by atoms with Crippen LogP contribution in [-0.2, 0) is 16.0 Å². The van der Waals surface area contributed by atoms with Gasteiger partial charge in [-0.05, 0) is 61.0 Å². The Morgan fingerprint density at radius 3 is 2.64 bits per heavy atom. The van der Waals surface area contributed by atoms with Crippen molar-refractivity contribution in [3.8, 4) is 11.5 Å². The van der Waals surface area contributed by atoms with Gasteiger partial charge in [0.05, 0.1) is 17.7 Å². The zero-order valence-electron chi connectivity index (χ0n) is 21.5. The number of hydrogen-bond donors (Lipinski definition) is 2. The number of para-hydroxylation sites is 3. The van der Waals surface area contributed by atoms with Crippen molar-refractivity contribution >= 4 is 51.5 Å². The standard InChI is InChI=1S/C30H27N3O5S/c1-19(29(35)36)38-27-20(9-8-14-25(27)37-2)17-26-28(34)33(30(39-26)32-22-10-4-3-5-11-22)16-15-21-18-31-24-13-7-6-12-23(21)24/h3-14,17-19,31H,15-16H2,1-2H3,(H,35,36). The summed E-state index contributed by atoms with van der Waals surface area (Å²) in [5, 5.41) is 11.1. The summed E-state index contributed by atoms with van der Waals surface area (Å²) in [5.41, 5.74) is 3.45. The molecular weight excluding hydrogens is 514 g/mol. The number of H-pyrrole nitrogens is 1. The van der Waals surface area contributed by atoms with Crippen molar-refractivity contribution in [2.24, 2.45) is 4.99 Å². The first-order chi connectivity index (χ1) is 18.9. The number of fused-ring (bicyclic) bond motifs is 1. The molecule has 2 heterocycles. The third kappa shape index (κ3) is 5.68. The Kier molecular flexibility index (Phi) is 7.69. The van der Waals surface area contributed by atoms with E-state index in [4.69, 9.17) is 14.5 Å². The minimum Gasteiger partial charge on any atom is -0.493 e. The van der Waals surface area contributed by atoms with Crippen molar-refractivity contribution in [1.82, 2.24) is 9.88 Å². The molecule has 1 aliphatic heterocycles. The summed E-state index contributed by atoms with van der Waals surface area (Å²) in [5.74, 6) is -0.655. The molecule has 1 fully saturated rings. The van der Waals surface area contributed by atoms with E-state index in [-0.39, 0.29) is 11.7 Å². The SMILES string of the molecule is COc1cccc(C=C2SC(=Nc3ccccc3)N(CCc3c[nH]c4ccccc34)C2=O)c1OC(C)C(=O)O. The van der Waals surface area contributed by atoms with Crippen LogP contribution in [0.4, 0.5) is 5.69 Å². The number of amides is 1. The van der Waals surface area contributed by atoms with E-state index in [0.29, 0.717) is 34.4 Å². The summed E-state index contributed by atoms with van der Waals surface area (Å²) < 4.78 is 11.1. The van der Waals surface area contributed by atoms with Gasteiger partial charge in [-0.15, -0.1) is 0 Å². The number of aliphatic carboxylic acids is 1. The van der Waals surface area contributed by atoms with E-state index in [1.54, 1.807) is 29.2 Å². The van der Waals surface area contributed by atoms with Gasteiger partial charge in [-0.25, -0.2) is 9.79 Å². The molecule has 1 saturated heterocycles. The van der Waals surface area contributed by atoms with E-state index >= 15 is 0 Å². The molecule has 4 aromatic rings. The number of aromatic amines is 1. The van der Waals surface area contributed by atoms with E-state index in [2.05, 4.69) is 11.1 Å². The fourth-order valence-corrected chi connectivity index (χ4v) is 5.29. The summed E-state index contributed by atoms with van der Waals surface area (Å²) in [6, 6.07) is 22.8. The topological polar surface area (TPSA) is 104 Å². The average molecular weight is 542 g/mol. The summed E-state index contributed by atoms with van der Waals surface area (Å²) >= 11 is 1.27. The number of ether oxygens (including phenoxy) is 2. The van der Waals surface area contributed by atoms with E-state index in [0.717, 1.165) is 22.2 Å². The minimum atomic E-state index is -1.11. The summed E-state index contributed by atoms with van der Waals surface area (Å²) in [6.45, 7) is 1.88. The normalized spacial score (nSPS) is 16.3. The van der Waals surface area contributed by atoms with E-state index in [1.807, 2.05) is 54.7 Å². The number of thioether (sulfide) groups is 1. The maximum Gasteiger partial charge on any atom is 0.344 e. The van der Waals surface area contributed by atoms with Gasteiger partial charge < -0.3 is 19.6 Å². The molecule has 0 saturated carbocycles. The first-order valence-electron chi connectivity index (χ1n) is 12.4. The predicted molar refractivity (Wildman–Crippen MR) is 154 cm³/mol. The highest BCUT2D eigenvalue weighted by atomic mass is 32.2. The Morgan fingerprint density at radius 1 is 1.10 bits per heavy atom. The minimum absolute atomic E-state index is 0.186. The number of rotatable bonds is 9. The maximum atomic E-state index is 13.7. The Balaban J connectivity index is 1.49. The van der Waals surface area contributed by atoms with Gasteiger partial charge in [0.1, 0.15) is 0 Å². The van der Waals surface area contributed by atoms with Crippen molar-refractivity contribution in [2.45, 2.75) is 19.4 Å². The van der Waals surface area contributed by atoms with Gasteiger partial charge in [0.2, 0.25) is 0 Å². The van der Waals surface area contributed by atoms with Crippen LogP contribution in [0, 0.1) is 0 Å². The van der Waals surface area contributed by atoms with Crippen LogP contribution in [0.1, 0.15) is 18.1 Å². The number of nitrogens with one attached hydrogen (secondary N) is 1. The largest absolute Gasteiger partial charge is 0.493 e. The lowest BCUT2D eigenvalue weighted by atomic mass is 10.1. The van der Waals surface area contributed by atoms with Gasteiger partial charge in [0, 0.05) is 29.2 Å². The zero-order chi connectivity index (χ0) is 27.4. The van der Waals surface area contributed by atoms with Gasteiger partial charge >= 0.3 is 5.97 Å². The van der Waals surface area contributed by atoms with Gasteiger partial charge in [0.25, 0.3) is 5.91 Å². The molecule has 3 aromatic carbocycles. The first kappa shape index (κ1) is 26.1. The average Bonchev–Trinajstić information content (AvgIpc) is 3.49. The fourth-order valence-electron chi connectivity index (χ4n) is 4.27. The molecule has 1 unspecified atom stereocenters. The van der Waals surface area contributed by atoms with Crippen LogP contribution >= 0.6 is 11.8 Å². The van der Waals surface area contributed by atoms with Crippen LogP contribution in [0.15, 0.2) is 88.9 Å². The third-order valence-electron chi connectivity index (χ3n) is 6.31. The van der Waals surface area contributed by atoms with Crippen LogP contribution in [0.25, 0.3) is 17.0 Å². The van der Waals surface area contributed by atoms with Crippen LogP contribution in [0.5, 0.6) is 11.5 Å². The molecule has 5 rings (SSSR count). The monoisotopic (exact) mass is 541 g/mol. The molecule has 1 atom stereocenters. The Morgan fingerprint density at radius 2 is 1.87 bits per heavy atom. The summed E-state index contributed by atoms with van der Waals surface area (Å²) in [6.07, 6.45) is 3.22. The number of carbonyl (C=O) groups is 2. The van der Waals surface area contributed by atoms with E-state index < -0.39 is 12.1 Å². The van der Waals surface area contributed by atoms with Gasteiger partial charge in [-0.2, -0.15) is 0 Å². The highest BCUT2D eigenvalue weighted by Gasteiger charge is 2.34. The second-order valence-electron chi connectivity index (χ2n) is 8.88. The number of aromatic nitrogens is 1. The molecule has 198 valence electrons. The number of carboxylic acids is 1. The molecule has 1 aliphatic rings. The summed E-state index contributed by atoms with van der Waals surface area (Å²) in [7, 11) is 1.48.